The fourth-order valence-corrected chi connectivity index (χ4v) is 1.03. The van der Waals surface area contributed by atoms with E-state index in [-0.39, 0.29) is 11.3 Å². The number of carbonyl (C=O) groups is 1. The van der Waals surface area contributed by atoms with Gasteiger partial charge in [-0.3, -0.25) is 0 Å². The van der Waals surface area contributed by atoms with Gasteiger partial charge in [0.05, 0.1) is 16.9 Å². The van der Waals surface area contributed by atoms with Crippen molar-refractivity contribution in [1.82, 2.24) is 0 Å². The van der Waals surface area contributed by atoms with Gasteiger partial charge in [0, 0.05) is 0 Å². The summed E-state index contributed by atoms with van der Waals surface area (Å²) in [5, 5.41) is 8.74. The van der Waals surface area contributed by atoms with E-state index in [2.05, 4.69) is 0 Å². The van der Waals surface area contributed by atoms with Crippen molar-refractivity contribution in [2.45, 2.75) is 6.92 Å². The number of carboxylic acids is 1. The molecular formula is C8H10N2O2. The largest absolute Gasteiger partial charge is 0.478 e. The number of rotatable bonds is 1. The monoisotopic (exact) mass is 166 g/mol. The molecule has 0 heterocycles. The Morgan fingerprint density at radius 1 is 1.42 bits per heavy atom. The van der Waals surface area contributed by atoms with Crippen LogP contribution in [-0.4, -0.2) is 11.1 Å². The Kier molecular flexibility index (Phi) is 1.91. The predicted octanol–water partition coefficient (Wildman–Crippen LogP) is 0.858. The molecule has 0 saturated carbocycles. The Bertz CT molecular complexity index is 334. The van der Waals surface area contributed by atoms with Crippen LogP contribution in [0.5, 0.6) is 0 Å². The highest BCUT2D eigenvalue weighted by atomic mass is 16.4. The van der Waals surface area contributed by atoms with Crippen LogP contribution in [-0.2, 0) is 0 Å². The van der Waals surface area contributed by atoms with Crippen molar-refractivity contribution in [1.29, 1.82) is 0 Å². The average molecular weight is 166 g/mol. The molecular weight excluding hydrogens is 156 g/mol. The number of aryl methyl sites for hydroxylation is 1. The van der Waals surface area contributed by atoms with Gasteiger partial charge in [0.25, 0.3) is 0 Å². The third-order valence-electron chi connectivity index (χ3n) is 1.70. The highest BCUT2D eigenvalue weighted by Gasteiger charge is 2.12. The second-order valence-electron chi connectivity index (χ2n) is 2.57. The molecule has 0 aromatic heterocycles. The van der Waals surface area contributed by atoms with E-state index >= 15 is 0 Å². The van der Waals surface area contributed by atoms with E-state index < -0.39 is 5.97 Å². The maximum absolute atomic E-state index is 10.7. The van der Waals surface area contributed by atoms with Gasteiger partial charge in [-0.1, -0.05) is 6.07 Å². The molecule has 12 heavy (non-hydrogen) atoms. The normalized spacial score (nSPS) is 9.75. The molecule has 0 atom stereocenters. The summed E-state index contributed by atoms with van der Waals surface area (Å²) in [6, 6.07) is 3.23. The summed E-state index contributed by atoms with van der Waals surface area (Å²) in [7, 11) is 0. The number of nitrogens with two attached hydrogens (primary N) is 2. The molecule has 0 spiro atoms. The van der Waals surface area contributed by atoms with E-state index in [1.165, 1.54) is 0 Å². The fourth-order valence-electron chi connectivity index (χ4n) is 1.03. The Balaban J connectivity index is 3.43. The van der Waals surface area contributed by atoms with Gasteiger partial charge >= 0.3 is 5.97 Å². The highest BCUT2D eigenvalue weighted by Crippen LogP contribution is 2.22. The number of carboxylic acid groups (broad SMARTS) is 1. The summed E-state index contributed by atoms with van der Waals surface area (Å²) in [6.45, 7) is 1.68. The molecule has 0 fully saturated rings. The summed E-state index contributed by atoms with van der Waals surface area (Å²) in [5.41, 5.74) is 12.1. The van der Waals surface area contributed by atoms with Crippen molar-refractivity contribution in [3.05, 3.63) is 23.3 Å². The molecule has 0 aliphatic heterocycles. The SMILES string of the molecule is Cc1ccc(N)c(N)c1C(=O)O. The summed E-state index contributed by atoms with van der Waals surface area (Å²) in [6.07, 6.45) is 0. The first-order chi connectivity index (χ1) is 5.54. The van der Waals surface area contributed by atoms with E-state index in [0.29, 0.717) is 11.3 Å². The van der Waals surface area contributed by atoms with Gasteiger partial charge < -0.3 is 16.6 Å². The predicted molar refractivity (Wildman–Crippen MR) is 47.0 cm³/mol. The number of anilines is 2. The van der Waals surface area contributed by atoms with Crippen molar-refractivity contribution < 1.29 is 9.90 Å². The Morgan fingerprint density at radius 2 is 2.00 bits per heavy atom. The third kappa shape index (κ3) is 1.18. The van der Waals surface area contributed by atoms with E-state index in [0.717, 1.165) is 0 Å². The van der Waals surface area contributed by atoms with Crippen LogP contribution in [0, 0.1) is 6.92 Å². The molecule has 1 aromatic rings. The summed E-state index contributed by atoms with van der Waals surface area (Å²) < 4.78 is 0. The molecule has 64 valence electrons. The minimum absolute atomic E-state index is 0.0926. The van der Waals surface area contributed by atoms with Crippen LogP contribution < -0.4 is 11.5 Å². The molecule has 5 N–H and O–H groups in total. The number of hydrogen-bond acceptors (Lipinski definition) is 3. The van der Waals surface area contributed by atoms with E-state index in [4.69, 9.17) is 16.6 Å². The maximum atomic E-state index is 10.7. The Morgan fingerprint density at radius 3 is 2.42 bits per heavy atom. The molecule has 0 aliphatic carbocycles. The van der Waals surface area contributed by atoms with Gasteiger partial charge in [0.1, 0.15) is 0 Å². The zero-order valence-corrected chi connectivity index (χ0v) is 6.66. The minimum Gasteiger partial charge on any atom is -0.478 e. The second-order valence-corrected chi connectivity index (χ2v) is 2.57. The maximum Gasteiger partial charge on any atom is 0.338 e. The topological polar surface area (TPSA) is 89.3 Å². The van der Waals surface area contributed by atoms with E-state index in [1.54, 1.807) is 19.1 Å². The molecule has 0 bridgehead atoms. The van der Waals surface area contributed by atoms with Crippen molar-refractivity contribution in [2.24, 2.45) is 0 Å². The number of benzene rings is 1. The van der Waals surface area contributed by atoms with Crippen LogP contribution in [0.2, 0.25) is 0 Å². The lowest BCUT2D eigenvalue weighted by Gasteiger charge is -2.06. The molecule has 0 aliphatic rings. The highest BCUT2D eigenvalue weighted by molar-refractivity contribution is 5.98. The number of hydrogen-bond donors (Lipinski definition) is 3. The van der Waals surface area contributed by atoms with Crippen LogP contribution in [0.4, 0.5) is 11.4 Å². The summed E-state index contributed by atoms with van der Waals surface area (Å²) >= 11 is 0. The second kappa shape index (κ2) is 2.73. The smallest absolute Gasteiger partial charge is 0.338 e. The van der Waals surface area contributed by atoms with Gasteiger partial charge in [-0.15, -0.1) is 0 Å². The van der Waals surface area contributed by atoms with E-state index in [1.807, 2.05) is 0 Å². The average Bonchev–Trinajstić information content (AvgIpc) is 1.97. The molecule has 4 nitrogen and oxygen atoms in total. The van der Waals surface area contributed by atoms with E-state index in [9.17, 15) is 4.79 Å². The van der Waals surface area contributed by atoms with Gasteiger partial charge in [-0.2, -0.15) is 0 Å². The lowest BCUT2D eigenvalue weighted by molar-refractivity contribution is 0.0697. The molecule has 0 unspecified atom stereocenters. The standard InChI is InChI=1S/C8H10N2O2/c1-4-2-3-5(9)7(10)6(4)8(11)12/h2-3H,9-10H2,1H3,(H,11,12). The van der Waals surface area contributed by atoms with Crippen LogP contribution in [0.25, 0.3) is 0 Å². The van der Waals surface area contributed by atoms with Crippen LogP contribution in [0.1, 0.15) is 15.9 Å². The summed E-state index contributed by atoms with van der Waals surface area (Å²) in [5.74, 6) is -1.04. The number of aromatic carboxylic acids is 1. The Hall–Kier alpha value is -1.71. The lowest BCUT2D eigenvalue weighted by atomic mass is 10.1. The van der Waals surface area contributed by atoms with Crippen LogP contribution in [0.15, 0.2) is 12.1 Å². The lowest BCUT2D eigenvalue weighted by Crippen LogP contribution is -2.07. The van der Waals surface area contributed by atoms with Crippen molar-refractivity contribution in [3.8, 4) is 0 Å². The fraction of sp³-hybridized carbons (Fsp3) is 0.125. The Labute approximate surface area is 69.8 Å². The quantitative estimate of drug-likeness (QED) is 0.540. The van der Waals surface area contributed by atoms with Gasteiger partial charge in [0.15, 0.2) is 0 Å². The molecule has 0 saturated heterocycles. The first kappa shape index (κ1) is 8.39. The molecule has 0 radical (unpaired) electrons. The third-order valence-corrected chi connectivity index (χ3v) is 1.70. The zero-order chi connectivity index (χ0) is 9.30. The molecule has 0 amide bonds. The minimum atomic E-state index is -1.04. The molecule has 1 rings (SSSR count). The van der Waals surface area contributed by atoms with Crippen LogP contribution in [0.3, 0.4) is 0 Å². The first-order valence-electron chi connectivity index (χ1n) is 3.42. The summed E-state index contributed by atoms with van der Waals surface area (Å²) in [4.78, 5) is 10.7. The van der Waals surface area contributed by atoms with Crippen molar-refractivity contribution in [2.75, 3.05) is 11.5 Å². The van der Waals surface area contributed by atoms with Gasteiger partial charge in [-0.05, 0) is 18.6 Å². The zero-order valence-electron chi connectivity index (χ0n) is 6.66. The first-order valence-corrected chi connectivity index (χ1v) is 3.42. The van der Waals surface area contributed by atoms with Crippen molar-refractivity contribution in [3.63, 3.8) is 0 Å². The van der Waals surface area contributed by atoms with Gasteiger partial charge in [0.2, 0.25) is 0 Å². The molecule has 1 aromatic carbocycles. The van der Waals surface area contributed by atoms with Gasteiger partial charge in [-0.25, -0.2) is 4.79 Å². The van der Waals surface area contributed by atoms with Crippen LogP contribution >= 0.6 is 0 Å². The van der Waals surface area contributed by atoms with Crippen molar-refractivity contribution >= 4 is 17.3 Å². The molecule has 4 heteroatoms. The number of nitrogen functional groups attached to an aromatic ring is 2.